The summed E-state index contributed by atoms with van der Waals surface area (Å²) in [7, 11) is 0. The summed E-state index contributed by atoms with van der Waals surface area (Å²) >= 11 is 0. The first-order chi connectivity index (χ1) is 8.29. The van der Waals surface area contributed by atoms with Gasteiger partial charge < -0.3 is 14.4 Å². The van der Waals surface area contributed by atoms with Crippen molar-refractivity contribution >= 4 is 11.7 Å². The highest BCUT2D eigenvalue weighted by atomic mass is 17.0. The Hall–Kier alpha value is -2.01. The first kappa shape index (κ1) is 11.5. The average Bonchev–Trinajstić information content (AvgIpc) is 2.79. The minimum absolute atomic E-state index is 0.0688. The maximum absolute atomic E-state index is 11.2. The summed E-state index contributed by atoms with van der Waals surface area (Å²) in [5.41, 5.74) is 0.888. The van der Waals surface area contributed by atoms with Gasteiger partial charge in [0, 0.05) is 10.8 Å². The highest BCUT2D eigenvalue weighted by molar-refractivity contribution is 5.71. The lowest BCUT2D eigenvalue weighted by molar-refractivity contribution is -0.277. The van der Waals surface area contributed by atoms with Crippen LogP contribution in [0.4, 0.5) is 0 Å². The summed E-state index contributed by atoms with van der Waals surface area (Å²) in [6.07, 6.45) is 1.45. The molecule has 17 heavy (non-hydrogen) atoms. The zero-order valence-electron chi connectivity index (χ0n) is 9.46. The molecule has 5 heteroatoms. The van der Waals surface area contributed by atoms with E-state index in [1.165, 1.54) is 6.26 Å². The van der Waals surface area contributed by atoms with Crippen molar-refractivity contribution in [2.24, 2.45) is 0 Å². The summed E-state index contributed by atoms with van der Waals surface area (Å²) in [5, 5.41) is 1.08. The second kappa shape index (κ2) is 5.36. The molecule has 0 bridgehead atoms. The Morgan fingerprint density at radius 3 is 2.82 bits per heavy atom. The number of hydrogen-bond donors (Lipinski definition) is 0. The molecule has 1 aromatic rings. The molecule has 1 heterocycles. The van der Waals surface area contributed by atoms with Crippen LogP contribution >= 0.6 is 0 Å². The van der Waals surface area contributed by atoms with E-state index in [1.54, 1.807) is 6.92 Å². The topological polar surface area (TPSA) is 48.0 Å². The molecule has 0 radical (unpaired) electrons. The van der Waals surface area contributed by atoms with Crippen molar-refractivity contribution in [2.45, 2.75) is 6.92 Å². The monoisotopic (exact) mass is 235 g/mol. The van der Waals surface area contributed by atoms with E-state index in [0.29, 0.717) is 12.4 Å². The summed E-state index contributed by atoms with van der Waals surface area (Å²) in [5.74, 6) is 0.171. The third-order valence-corrected chi connectivity index (χ3v) is 2.10. The summed E-state index contributed by atoms with van der Waals surface area (Å²) in [6, 6.07) is 9.49. The predicted octanol–water partition coefficient (Wildman–Crippen LogP) is 1.73. The number of carbonyl (C=O) groups is 1. The van der Waals surface area contributed by atoms with Crippen molar-refractivity contribution in [1.82, 2.24) is 5.23 Å². The summed E-state index contributed by atoms with van der Waals surface area (Å²) in [6.45, 7) is 2.02. The van der Waals surface area contributed by atoms with Crippen LogP contribution in [0, 0.1) is 0 Å². The first-order valence-corrected chi connectivity index (χ1v) is 5.33. The molecule has 0 aromatic heterocycles. The molecule has 0 atom stereocenters. The minimum Gasteiger partial charge on any atom is -0.465 e. The van der Waals surface area contributed by atoms with Crippen LogP contribution in [-0.2, 0) is 19.2 Å². The summed E-state index contributed by atoms with van der Waals surface area (Å²) < 4.78 is 4.78. The standard InChI is InChI=1S/C12H13NO4/c1-2-15-12(14)8-13-16-9-11(17-13)10-6-4-3-5-7-10/h3-7,9H,2,8H2,1H3. The lowest BCUT2D eigenvalue weighted by Gasteiger charge is -2.12. The Morgan fingerprint density at radius 2 is 2.12 bits per heavy atom. The van der Waals surface area contributed by atoms with Crippen molar-refractivity contribution in [2.75, 3.05) is 13.2 Å². The van der Waals surface area contributed by atoms with Crippen LogP contribution in [-0.4, -0.2) is 24.3 Å². The van der Waals surface area contributed by atoms with Crippen molar-refractivity contribution in [3.8, 4) is 0 Å². The largest absolute Gasteiger partial charge is 0.465 e. The molecule has 1 aliphatic heterocycles. The van der Waals surface area contributed by atoms with Crippen LogP contribution in [0.2, 0.25) is 0 Å². The Balaban J connectivity index is 1.89. The average molecular weight is 235 g/mol. The summed E-state index contributed by atoms with van der Waals surface area (Å²) in [4.78, 5) is 21.6. The third-order valence-electron chi connectivity index (χ3n) is 2.10. The zero-order chi connectivity index (χ0) is 12.1. The molecule has 0 aliphatic carbocycles. The van der Waals surface area contributed by atoms with E-state index in [0.717, 1.165) is 10.8 Å². The number of carbonyl (C=O) groups excluding carboxylic acids is 1. The molecule has 1 aliphatic rings. The fourth-order valence-corrected chi connectivity index (χ4v) is 1.36. The van der Waals surface area contributed by atoms with Gasteiger partial charge in [0.1, 0.15) is 0 Å². The van der Waals surface area contributed by atoms with Gasteiger partial charge in [0.05, 0.1) is 6.61 Å². The highest BCUT2D eigenvalue weighted by Gasteiger charge is 2.22. The highest BCUT2D eigenvalue weighted by Crippen LogP contribution is 2.22. The predicted molar refractivity (Wildman–Crippen MR) is 59.9 cm³/mol. The zero-order valence-corrected chi connectivity index (χ0v) is 9.46. The maximum atomic E-state index is 11.2. The molecule has 1 aromatic carbocycles. The molecule has 0 saturated carbocycles. The number of esters is 1. The van der Waals surface area contributed by atoms with E-state index in [-0.39, 0.29) is 6.54 Å². The van der Waals surface area contributed by atoms with Gasteiger partial charge in [-0.3, -0.25) is 4.79 Å². The molecule has 0 unspecified atom stereocenters. The SMILES string of the molecule is CCOC(=O)CN1OC=C(c2ccccc2)O1. The Labute approximate surface area is 99.1 Å². The van der Waals surface area contributed by atoms with Crippen LogP contribution in [0.3, 0.4) is 0 Å². The molecular weight excluding hydrogens is 222 g/mol. The molecule has 0 spiro atoms. The second-order valence-corrected chi connectivity index (χ2v) is 3.34. The van der Waals surface area contributed by atoms with Crippen LogP contribution in [0.15, 0.2) is 36.6 Å². The Morgan fingerprint density at radius 1 is 1.35 bits per heavy atom. The van der Waals surface area contributed by atoms with E-state index >= 15 is 0 Å². The first-order valence-electron chi connectivity index (χ1n) is 5.33. The molecule has 5 nitrogen and oxygen atoms in total. The second-order valence-electron chi connectivity index (χ2n) is 3.34. The van der Waals surface area contributed by atoms with Gasteiger partial charge in [0.2, 0.25) is 0 Å². The number of nitrogens with zero attached hydrogens (tertiary/aromatic N) is 1. The van der Waals surface area contributed by atoms with Crippen molar-refractivity contribution in [3.05, 3.63) is 42.2 Å². The number of hydroxylamine groups is 2. The van der Waals surface area contributed by atoms with Gasteiger partial charge in [-0.15, -0.1) is 0 Å². The lowest BCUT2D eigenvalue weighted by atomic mass is 10.2. The van der Waals surface area contributed by atoms with Gasteiger partial charge in [0.25, 0.3) is 0 Å². The van der Waals surface area contributed by atoms with Crippen LogP contribution in [0.5, 0.6) is 0 Å². The molecule has 90 valence electrons. The smallest absolute Gasteiger partial charge is 0.327 e. The van der Waals surface area contributed by atoms with Crippen molar-refractivity contribution in [3.63, 3.8) is 0 Å². The molecular formula is C12H13NO4. The van der Waals surface area contributed by atoms with E-state index in [9.17, 15) is 4.79 Å². The minimum atomic E-state index is -0.393. The molecule has 0 fully saturated rings. The van der Waals surface area contributed by atoms with E-state index in [2.05, 4.69) is 0 Å². The fraction of sp³-hybridized carbons (Fsp3) is 0.250. The fourth-order valence-electron chi connectivity index (χ4n) is 1.36. The number of ether oxygens (including phenoxy) is 1. The van der Waals surface area contributed by atoms with Gasteiger partial charge >= 0.3 is 5.97 Å². The van der Waals surface area contributed by atoms with Crippen molar-refractivity contribution < 1.29 is 19.2 Å². The number of benzene rings is 1. The third kappa shape index (κ3) is 2.98. The van der Waals surface area contributed by atoms with Gasteiger partial charge in [-0.1, -0.05) is 30.3 Å². The molecule has 2 rings (SSSR count). The molecule has 0 N–H and O–H groups in total. The van der Waals surface area contributed by atoms with E-state index < -0.39 is 5.97 Å². The van der Waals surface area contributed by atoms with Gasteiger partial charge in [-0.2, -0.15) is 0 Å². The number of rotatable bonds is 4. The van der Waals surface area contributed by atoms with Crippen LogP contribution in [0.25, 0.3) is 5.76 Å². The molecule has 0 saturated heterocycles. The maximum Gasteiger partial charge on any atom is 0.327 e. The van der Waals surface area contributed by atoms with Gasteiger partial charge in [-0.25, -0.2) is 0 Å². The van der Waals surface area contributed by atoms with Crippen LogP contribution < -0.4 is 0 Å². The quantitative estimate of drug-likeness (QED) is 0.744. The Bertz CT molecular complexity index is 416. The Kier molecular flexibility index (Phi) is 3.62. The van der Waals surface area contributed by atoms with E-state index in [4.69, 9.17) is 14.4 Å². The van der Waals surface area contributed by atoms with Gasteiger partial charge in [-0.05, 0) is 6.92 Å². The normalized spacial score (nSPS) is 14.8. The van der Waals surface area contributed by atoms with Gasteiger partial charge in [0.15, 0.2) is 18.6 Å². The molecule has 0 amide bonds. The van der Waals surface area contributed by atoms with Crippen LogP contribution in [0.1, 0.15) is 12.5 Å². The number of hydrogen-bond acceptors (Lipinski definition) is 5. The lowest BCUT2D eigenvalue weighted by Crippen LogP contribution is -2.26. The van der Waals surface area contributed by atoms with Crippen molar-refractivity contribution in [1.29, 1.82) is 0 Å². The van der Waals surface area contributed by atoms with E-state index in [1.807, 2.05) is 30.3 Å².